The lowest BCUT2D eigenvalue weighted by molar-refractivity contribution is 0.316. The van der Waals surface area contributed by atoms with Crippen LogP contribution in [0.5, 0.6) is 0 Å². The first-order chi connectivity index (χ1) is 16.6. The van der Waals surface area contributed by atoms with Crippen molar-refractivity contribution in [3.05, 3.63) is 77.8 Å². The number of halogens is 1. The highest BCUT2D eigenvalue weighted by molar-refractivity contribution is 6.31. The van der Waals surface area contributed by atoms with Gasteiger partial charge < -0.3 is 4.90 Å². The molecule has 0 saturated heterocycles. The zero-order valence-electron chi connectivity index (χ0n) is 18.5. The Morgan fingerprint density at radius 2 is 1.97 bits per heavy atom. The molecular weight excluding hydrogens is 446 g/mol. The number of nitriles is 1. The minimum atomic E-state index is -0.406. The van der Waals surface area contributed by atoms with E-state index in [0.717, 1.165) is 58.5 Å². The monoisotopic (exact) mass is 465 g/mol. The minimum Gasteiger partial charge on any atom is -0.329 e. The predicted molar refractivity (Wildman–Crippen MR) is 132 cm³/mol. The summed E-state index contributed by atoms with van der Waals surface area (Å²) in [5.41, 5.74) is 4.37. The third kappa shape index (κ3) is 3.18. The molecule has 0 aliphatic heterocycles. The molecule has 1 saturated carbocycles. The van der Waals surface area contributed by atoms with E-state index in [4.69, 9.17) is 16.6 Å². The van der Waals surface area contributed by atoms with Crippen LogP contribution in [-0.4, -0.2) is 31.6 Å². The standard InChI is InChI=1S/C26H20ClN7/c1-33(24-21-8-7-19(27)13-22(21)34-16-30-32-25(34)31-24)20-5-2-4-17(12-20)18-6-9-23(29-14-18)26(15-28)10-3-11-26/h2,4-9,12-14,16H,3,10-11H2,1H3. The number of benzene rings is 2. The van der Waals surface area contributed by atoms with Crippen molar-refractivity contribution in [3.63, 3.8) is 0 Å². The maximum Gasteiger partial charge on any atom is 0.257 e. The highest BCUT2D eigenvalue weighted by Gasteiger charge is 2.40. The van der Waals surface area contributed by atoms with E-state index in [1.807, 2.05) is 58.9 Å². The molecule has 0 spiro atoms. The molecule has 3 aromatic heterocycles. The fourth-order valence-corrected chi connectivity index (χ4v) is 4.76. The van der Waals surface area contributed by atoms with E-state index >= 15 is 0 Å². The zero-order valence-corrected chi connectivity index (χ0v) is 19.2. The average molecular weight is 466 g/mol. The van der Waals surface area contributed by atoms with Gasteiger partial charge >= 0.3 is 0 Å². The lowest BCUT2D eigenvalue weighted by Gasteiger charge is -2.34. The summed E-state index contributed by atoms with van der Waals surface area (Å²) < 4.78 is 1.83. The van der Waals surface area contributed by atoms with Gasteiger partial charge in [0.2, 0.25) is 0 Å². The zero-order chi connectivity index (χ0) is 23.3. The summed E-state index contributed by atoms with van der Waals surface area (Å²) in [5, 5.41) is 19.3. The summed E-state index contributed by atoms with van der Waals surface area (Å²) in [6, 6.07) is 20.5. The summed E-state index contributed by atoms with van der Waals surface area (Å²) in [4.78, 5) is 11.5. The summed E-state index contributed by atoms with van der Waals surface area (Å²) >= 11 is 6.27. The average Bonchev–Trinajstić information content (AvgIpc) is 3.32. The highest BCUT2D eigenvalue weighted by Crippen LogP contribution is 2.42. The molecule has 0 unspecified atom stereocenters. The van der Waals surface area contributed by atoms with E-state index in [2.05, 4.69) is 39.4 Å². The molecule has 2 aromatic carbocycles. The molecule has 1 aliphatic rings. The fraction of sp³-hybridized carbons (Fsp3) is 0.192. The Bertz CT molecular complexity index is 1580. The Morgan fingerprint density at radius 3 is 2.71 bits per heavy atom. The lowest BCUT2D eigenvalue weighted by atomic mass is 9.67. The first-order valence-electron chi connectivity index (χ1n) is 11.1. The molecule has 166 valence electrons. The normalized spacial score (nSPS) is 14.6. The van der Waals surface area contributed by atoms with Crippen molar-refractivity contribution in [2.45, 2.75) is 24.7 Å². The first-order valence-corrected chi connectivity index (χ1v) is 11.5. The first kappa shape index (κ1) is 20.6. The molecule has 8 heteroatoms. The molecule has 0 N–H and O–H groups in total. The molecule has 5 aromatic rings. The third-order valence-electron chi connectivity index (χ3n) is 6.76. The van der Waals surface area contributed by atoms with Gasteiger partial charge in [0.1, 0.15) is 12.1 Å². The van der Waals surface area contributed by atoms with Crippen molar-refractivity contribution in [3.8, 4) is 17.2 Å². The van der Waals surface area contributed by atoms with Crippen LogP contribution in [0.15, 0.2) is 67.1 Å². The maximum atomic E-state index is 9.61. The highest BCUT2D eigenvalue weighted by atomic mass is 35.5. The van der Waals surface area contributed by atoms with E-state index in [0.29, 0.717) is 10.8 Å². The Hall–Kier alpha value is -4.02. The van der Waals surface area contributed by atoms with E-state index in [-0.39, 0.29) is 0 Å². The second-order valence-corrected chi connectivity index (χ2v) is 9.12. The van der Waals surface area contributed by atoms with Gasteiger partial charge in [0, 0.05) is 34.9 Å². The summed E-state index contributed by atoms with van der Waals surface area (Å²) in [6.45, 7) is 0. The van der Waals surface area contributed by atoms with Crippen LogP contribution in [0.1, 0.15) is 25.0 Å². The van der Waals surface area contributed by atoms with E-state index in [1.54, 1.807) is 6.33 Å². The van der Waals surface area contributed by atoms with Gasteiger partial charge in [-0.05, 0) is 61.2 Å². The quantitative estimate of drug-likeness (QED) is 0.338. The summed E-state index contributed by atoms with van der Waals surface area (Å²) in [5.74, 6) is 1.27. The number of nitrogens with zero attached hydrogens (tertiary/aromatic N) is 7. The van der Waals surface area contributed by atoms with Gasteiger partial charge in [0.15, 0.2) is 0 Å². The second-order valence-electron chi connectivity index (χ2n) is 8.69. The molecule has 1 fully saturated rings. The van der Waals surface area contributed by atoms with Gasteiger partial charge in [-0.3, -0.25) is 9.38 Å². The van der Waals surface area contributed by atoms with Crippen molar-refractivity contribution < 1.29 is 0 Å². The predicted octanol–water partition coefficient (Wildman–Crippen LogP) is 5.71. The van der Waals surface area contributed by atoms with Crippen LogP contribution >= 0.6 is 11.6 Å². The van der Waals surface area contributed by atoms with Crippen LogP contribution < -0.4 is 4.90 Å². The Morgan fingerprint density at radius 1 is 1.09 bits per heavy atom. The van der Waals surface area contributed by atoms with E-state index in [1.165, 1.54) is 0 Å². The van der Waals surface area contributed by atoms with Crippen molar-refractivity contribution in [1.29, 1.82) is 5.26 Å². The molecule has 1 aliphatic carbocycles. The number of hydrogen-bond acceptors (Lipinski definition) is 6. The minimum absolute atomic E-state index is 0.406. The summed E-state index contributed by atoms with van der Waals surface area (Å²) in [6.07, 6.45) is 6.37. The van der Waals surface area contributed by atoms with Crippen LogP contribution in [0.2, 0.25) is 5.02 Å². The van der Waals surface area contributed by atoms with E-state index in [9.17, 15) is 5.26 Å². The number of anilines is 2. The van der Waals surface area contributed by atoms with Crippen LogP contribution in [-0.2, 0) is 5.41 Å². The molecule has 7 nitrogen and oxygen atoms in total. The number of hydrogen-bond donors (Lipinski definition) is 0. The number of rotatable bonds is 4. The summed E-state index contributed by atoms with van der Waals surface area (Å²) in [7, 11) is 1.98. The molecule has 3 heterocycles. The van der Waals surface area contributed by atoms with Crippen LogP contribution in [0.4, 0.5) is 11.5 Å². The second kappa shape index (κ2) is 7.79. The third-order valence-corrected chi connectivity index (χ3v) is 6.99. The van der Waals surface area contributed by atoms with Gasteiger partial charge in [-0.1, -0.05) is 29.8 Å². The Labute approximate surface area is 201 Å². The largest absolute Gasteiger partial charge is 0.329 e. The van der Waals surface area contributed by atoms with Gasteiger partial charge in [-0.2, -0.15) is 10.2 Å². The molecular formula is C26H20ClN7. The van der Waals surface area contributed by atoms with Gasteiger partial charge in [0.05, 0.1) is 22.7 Å². The topological polar surface area (TPSA) is 83.0 Å². The molecule has 0 atom stereocenters. The van der Waals surface area contributed by atoms with Crippen LogP contribution in [0.3, 0.4) is 0 Å². The molecule has 0 radical (unpaired) electrons. The molecule has 0 bridgehead atoms. The maximum absolute atomic E-state index is 9.61. The lowest BCUT2D eigenvalue weighted by Crippen LogP contribution is -2.33. The van der Waals surface area contributed by atoms with E-state index < -0.39 is 5.41 Å². The number of fused-ring (bicyclic) bond motifs is 3. The molecule has 34 heavy (non-hydrogen) atoms. The van der Waals surface area contributed by atoms with Crippen molar-refractivity contribution in [2.24, 2.45) is 0 Å². The number of aromatic nitrogens is 5. The van der Waals surface area contributed by atoms with Gasteiger partial charge in [-0.25, -0.2) is 0 Å². The fourth-order valence-electron chi connectivity index (χ4n) is 4.60. The molecule has 0 amide bonds. The van der Waals surface area contributed by atoms with Crippen LogP contribution in [0, 0.1) is 11.3 Å². The van der Waals surface area contributed by atoms with Gasteiger partial charge in [-0.15, -0.1) is 10.2 Å². The Kier molecular flexibility index (Phi) is 4.71. The van der Waals surface area contributed by atoms with Crippen molar-refractivity contribution >= 4 is 39.8 Å². The SMILES string of the molecule is CN(c1cccc(-c2ccc(C3(C#N)CCC3)nc2)c1)c1nc2nncn2c2cc(Cl)ccc12. The van der Waals surface area contributed by atoms with Crippen molar-refractivity contribution in [1.82, 2.24) is 24.6 Å². The number of pyridine rings is 1. The van der Waals surface area contributed by atoms with Gasteiger partial charge in [0.25, 0.3) is 5.78 Å². The van der Waals surface area contributed by atoms with Crippen LogP contribution in [0.25, 0.3) is 27.8 Å². The Balaban J connectivity index is 1.39. The smallest absolute Gasteiger partial charge is 0.257 e. The van der Waals surface area contributed by atoms with Crippen molar-refractivity contribution in [2.75, 3.05) is 11.9 Å². The molecule has 6 rings (SSSR count).